The number of allylic oxidation sites excluding steroid dienone is 4. The number of nitrogens with zero attached hydrogens (tertiary/aromatic N) is 2. The van der Waals surface area contributed by atoms with Gasteiger partial charge in [-0.3, -0.25) is 15.1 Å². The maximum Gasteiger partial charge on any atom is 0.243 e. The lowest BCUT2D eigenvalue weighted by atomic mass is 10.2. The summed E-state index contributed by atoms with van der Waals surface area (Å²) < 4.78 is 16.4. The van der Waals surface area contributed by atoms with Crippen LogP contribution in [0.1, 0.15) is 41.0 Å². The second-order valence-corrected chi connectivity index (χ2v) is 5.68. The number of ether oxygens (including phenoxy) is 3. The Labute approximate surface area is 178 Å². The van der Waals surface area contributed by atoms with Gasteiger partial charge in [0.15, 0.2) is 11.5 Å². The lowest BCUT2D eigenvalue weighted by Gasteiger charge is -2.12. The molecular formula is C23H32N2O5. The van der Waals surface area contributed by atoms with Gasteiger partial charge in [-0.2, -0.15) is 0 Å². The van der Waals surface area contributed by atoms with Crippen LogP contribution in [0.5, 0.6) is 17.2 Å². The van der Waals surface area contributed by atoms with Crippen LogP contribution in [0.4, 0.5) is 0 Å². The minimum Gasteiger partial charge on any atom is -0.493 e. The number of nitro groups is 1. The molecule has 7 heteroatoms. The smallest absolute Gasteiger partial charge is 0.243 e. The zero-order valence-electron chi connectivity index (χ0n) is 18.9. The topological polar surface area (TPSA) is 83.7 Å². The molecule has 0 fully saturated rings. The highest BCUT2D eigenvalue weighted by Gasteiger charge is 2.11. The zero-order valence-corrected chi connectivity index (χ0v) is 18.9. The van der Waals surface area contributed by atoms with Gasteiger partial charge in [-0.1, -0.05) is 40.7 Å². The summed E-state index contributed by atoms with van der Waals surface area (Å²) in [6.07, 6.45) is 7.15. The lowest BCUT2D eigenvalue weighted by Crippen LogP contribution is -1.97. The van der Waals surface area contributed by atoms with E-state index in [2.05, 4.69) is 25.4 Å². The van der Waals surface area contributed by atoms with E-state index < -0.39 is 4.92 Å². The minimum absolute atomic E-state index is 0.00561. The zero-order chi connectivity index (χ0) is 23.1. The van der Waals surface area contributed by atoms with Gasteiger partial charge in [-0.15, -0.1) is 0 Å². The normalized spacial score (nSPS) is 10.8. The van der Waals surface area contributed by atoms with E-state index in [1.54, 1.807) is 38.6 Å². The molecule has 0 aliphatic heterocycles. The van der Waals surface area contributed by atoms with Crippen LogP contribution in [0.15, 0.2) is 60.7 Å². The maximum atomic E-state index is 10.7. The van der Waals surface area contributed by atoms with Crippen LogP contribution in [0.2, 0.25) is 0 Å². The number of methoxy groups -OCH3 is 2. The molecule has 0 N–H and O–H groups in total. The van der Waals surface area contributed by atoms with E-state index >= 15 is 0 Å². The van der Waals surface area contributed by atoms with Gasteiger partial charge in [0.25, 0.3) is 0 Å². The third-order valence-electron chi connectivity index (χ3n) is 3.41. The summed E-state index contributed by atoms with van der Waals surface area (Å²) in [4.78, 5) is 14.5. The van der Waals surface area contributed by atoms with Crippen molar-refractivity contribution in [2.24, 2.45) is 0 Å². The van der Waals surface area contributed by atoms with E-state index in [4.69, 9.17) is 14.2 Å². The molecule has 164 valence electrons. The van der Waals surface area contributed by atoms with Crippen LogP contribution in [0.25, 0.3) is 10.9 Å². The van der Waals surface area contributed by atoms with Crippen molar-refractivity contribution in [1.82, 2.24) is 4.98 Å². The molecule has 1 aromatic heterocycles. The molecule has 2 rings (SSSR count). The van der Waals surface area contributed by atoms with Crippen molar-refractivity contribution in [3.8, 4) is 17.2 Å². The Morgan fingerprint density at radius 3 is 2.20 bits per heavy atom. The van der Waals surface area contributed by atoms with Crippen molar-refractivity contribution in [3.05, 3.63) is 70.8 Å². The Bertz CT molecular complexity index is 889. The van der Waals surface area contributed by atoms with E-state index in [1.165, 1.54) is 31.6 Å². The fourth-order valence-corrected chi connectivity index (χ4v) is 2.07. The molecule has 0 aliphatic rings. The molecule has 0 saturated carbocycles. The molecular weight excluding hydrogens is 384 g/mol. The van der Waals surface area contributed by atoms with Crippen LogP contribution in [-0.4, -0.2) is 24.1 Å². The summed E-state index contributed by atoms with van der Waals surface area (Å²) in [5.41, 5.74) is 0.657. The number of rotatable bonds is 7. The number of hydrogen-bond donors (Lipinski definition) is 0. The molecule has 2 aromatic rings. The first-order valence-corrected chi connectivity index (χ1v) is 9.75. The number of benzene rings is 1. The first-order valence-electron chi connectivity index (χ1n) is 9.75. The summed E-state index contributed by atoms with van der Waals surface area (Å²) in [6, 6.07) is 5.19. The quantitative estimate of drug-likeness (QED) is 0.227. The standard InChI is InChI=1S/C18H18N2O5.C3H8.C2H6/c1-5-13(7-6-12(2)20(21)22)25-16-8-9-19-15-11-18(24-4)17(23-3)10-14(15)16;1-3-2;1-2/h5-11H,1H2,2-4H3;3H2,1-2H3;1-2H3/b12-6+,13-7+;;. The third kappa shape index (κ3) is 7.95. The molecule has 0 unspecified atom stereocenters. The molecule has 7 nitrogen and oxygen atoms in total. The molecule has 0 bridgehead atoms. The largest absolute Gasteiger partial charge is 0.493 e. The predicted molar refractivity (Wildman–Crippen MR) is 122 cm³/mol. The van der Waals surface area contributed by atoms with E-state index in [0.717, 1.165) is 0 Å². The first-order chi connectivity index (χ1) is 14.4. The monoisotopic (exact) mass is 416 g/mol. The van der Waals surface area contributed by atoms with Crippen molar-refractivity contribution in [1.29, 1.82) is 0 Å². The summed E-state index contributed by atoms with van der Waals surface area (Å²) in [5, 5.41) is 11.4. The number of fused-ring (bicyclic) bond motifs is 1. The molecule has 1 aromatic carbocycles. The van der Waals surface area contributed by atoms with Crippen molar-refractivity contribution < 1.29 is 19.1 Å². The molecule has 30 heavy (non-hydrogen) atoms. The highest BCUT2D eigenvalue weighted by atomic mass is 16.6. The fraction of sp³-hybridized carbons (Fsp3) is 0.348. The molecule has 0 spiro atoms. The summed E-state index contributed by atoms with van der Waals surface area (Å²) in [6.45, 7) is 13.3. The van der Waals surface area contributed by atoms with Gasteiger partial charge in [-0.25, -0.2) is 0 Å². The molecule has 0 aliphatic carbocycles. The van der Waals surface area contributed by atoms with Crippen molar-refractivity contribution in [2.75, 3.05) is 14.2 Å². The lowest BCUT2D eigenvalue weighted by molar-refractivity contribution is -0.424. The predicted octanol–water partition coefficient (Wildman–Crippen LogP) is 6.32. The fourth-order valence-electron chi connectivity index (χ4n) is 2.07. The van der Waals surface area contributed by atoms with Crippen LogP contribution in [0, 0.1) is 10.1 Å². The summed E-state index contributed by atoms with van der Waals surface area (Å²) in [7, 11) is 3.09. The Balaban J connectivity index is 0.00000154. The van der Waals surface area contributed by atoms with Crippen LogP contribution < -0.4 is 14.2 Å². The van der Waals surface area contributed by atoms with Crippen LogP contribution in [0.3, 0.4) is 0 Å². The van der Waals surface area contributed by atoms with Crippen LogP contribution >= 0.6 is 0 Å². The van der Waals surface area contributed by atoms with Gasteiger partial charge < -0.3 is 14.2 Å². The van der Waals surface area contributed by atoms with Gasteiger partial charge in [0.05, 0.1) is 24.7 Å². The third-order valence-corrected chi connectivity index (χ3v) is 3.41. The highest BCUT2D eigenvalue weighted by Crippen LogP contribution is 2.35. The van der Waals surface area contributed by atoms with Gasteiger partial charge in [0, 0.05) is 30.6 Å². The Kier molecular flexibility index (Phi) is 13.0. The average molecular weight is 417 g/mol. The molecule has 1 heterocycles. The van der Waals surface area contributed by atoms with Gasteiger partial charge in [0.2, 0.25) is 5.70 Å². The second-order valence-electron chi connectivity index (χ2n) is 5.68. The number of aromatic nitrogens is 1. The van der Waals surface area contributed by atoms with E-state index in [1.807, 2.05) is 13.8 Å². The second kappa shape index (κ2) is 14.6. The molecule has 0 saturated heterocycles. The Hall–Kier alpha value is -3.35. The van der Waals surface area contributed by atoms with E-state index in [0.29, 0.717) is 33.9 Å². The Morgan fingerprint density at radius 1 is 1.13 bits per heavy atom. The first kappa shape index (κ1) is 26.6. The van der Waals surface area contributed by atoms with Crippen molar-refractivity contribution in [2.45, 2.75) is 41.0 Å². The number of pyridine rings is 1. The Morgan fingerprint density at radius 2 is 1.70 bits per heavy atom. The van der Waals surface area contributed by atoms with Gasteiger partial charge in [-0.05, 0) is 24.3 Å². The van der Waals surface area contributed by atoms with E-state index in [-0.39, 0.29) is 5.70 Å². The highest BCUT2D eigenvalue weighted by molar-refractivity contribution is 5.88. The maximum absolute atomic E-state index is 10.7. The SMILES string of the molecule is C=C/C(=C\C=C(/C)[N+](=O)[O-])Oc1ccnc2cc(OC)c(OC)cc12.CC.CCC. The van der Waals surface area contributed by atoms with Crippen LogP contribution in [-0.2, 0) is 0 Å². The molecule has 0 amide bonds. The summed E-state index contributed by atoms with van der Waals surface area (Å²) >= 11 is 0. The minimum atomic E-state index is -0.476. The van der Waals surface area contributed by atoms with Gasteiger partial charge in [0.1, 0.15) is 11.5 Å². The average Bonchev–Trinajstić information content (AvgIpc) is 2.77. The molecule has 0 atom stereocenters. The van der Waals surface area contributed by atoms with Crippen molar-refractivity contribution >= 4 is 10.9 Å². The van der Waals surface area contributed by atoms with E-state index in [9.17, 15) is 10.1 Å². The summed E-state index contributed by atoms with van der Waals surface area (Å²) in [5.74, 6) is 1.98. The van der Waals surface area contributed by atoms with Crippen molar-refractivity contribution in [3.63, 3.8) is 0 Å². The van der Waals surface area contributed by atoms with Gasteiger partial charge >= 0.3 is 0 Å². The molecule has 0 radical (unpaired) electrons. The number of hydrogen-bond acceptors (Lipinski definition) is 6.